The van der Waals surface area contributed by atoms with E-state index < -0.39 is 0 Å². The summed E-state index contributed by atoms with van der Waals surface area (Å²) in [5.74, 6) is 1.37. The topological polar surface area (TPSA) is 44.7 Å². The summed E-state index contributed by atoms with van der Waals surface area (Å²) in [6, 6.07) is 34.7. The predicted octanol–water partition coefficient (Wildman–Crippen LogP) is 6.48. The Labute approximate surface area is 252 Å². The van der Waals surface area contributed by atoms with Gasteiger partial charge in [0.1, 0.15) is 0 Å². The van der Waals surface area contributed by atoms with E-state index in [-0.39, 0.29) is 6.04 Å². The number of hydrogen-bond acceptors (Lipinski definition) is 6. The molecule has 2 heterocycles. The molecule has 0 N–H and O–H groups in total. The molecule has 1 aromatic heterocycles. The zero-order chi connectivity index (χ0) is 28.8. The first-order valence-corrected chi connectivity index (χ1v) is 15.4. The fourth-order valence-corrected chi connectivity index (χ4v) is 5.74. The van der Waals surface area contributed by atoms with Crippen LogP contribution >= 0.6 is 0 Å². The average Bonchev–Trinajstić information content (AvgIpc) is 3.05. The highest BCUT2D eigenvalue weighted by molar-refractivity contribution is 5.29. The Morgan fingerprint density at radius 2 is 1.29 bits per heavy atom. The van der Waals surface area contributed by atoms with Gasteiger partial charge in [0.05, 0.1) is 0 Å². The second-order valence-corrected chi connectivity index (χ2v) is 11.4. The first kappa shape index (κ1) is 29.9. The molecule has 6 heteroatoms. The van der Waals surface area contributed by atoms with Crippen LogP contribution in [0.3, 0.4) is 0 Å². The van der Waals surface area contributed by atoms with Crippen molar-refractivity contribution in [1.82, 2.24) is 19.8 Å². The minimum absolute atomic E-state index is 0.270. The summed E-state index contributed by atoms with van der Waals surface area (Å²) in [5.41, 5.74) is 4.02. The summed E-state index contributed by atoms with van der Waals surface area (Å²) in [5, 5.41) is 0. The predicted molar refractivity (Wildman–Crippen MR) is 171 cm³/mol. The molecule has 2 atom stereocenters. The van der Waals surface area contributed by atoms with E-state index in [2.05, 4.69) is 123 Å². The van der Waals surface area contributed by atoms with E-state index in [1.165, 1.54) is 16.7 Å². The number of piperazine rings is 1. The van der Waals surface area contributed by atoms with Gasteiger partial charge in [-0.3, -0.25) is 9.80 Å². The van der Waals surface area contributed by atoms with E-state index in [0.29, 0.717) is 5.92 Å². The van der Waals surface area contributed by atoms with Crippen molar-refractivity contribution in [3.8, 4) is 0 Å². The third-order valence-electron chi connectivity index (χ3n) is 8.17. The van der Waals surface area contributed by atoms with Crippen LogP contribution in [0.2, 0.25) is 0 Å². The van der Waals surface area contributed by atoms with Gasteiger partial charge in [-0.1, -0.05) is 97.9 Å². The molecule has 0 bridgehead atoms. The van der Waals surface area contributed by atoms with E-state index in [1.54, 1.807) is 0 Å². The van der Waals surface area contributed by atoms with Crippen molar-refractivity contribution >= 4 is 5.95 Å². The standard InChI is InChI=1S/C36H45N5O/c1-31(18-22-39-23-25-40(26-24-39)36-37-20-11-21-38-36)30-42-27-19-35(34-16-9-4-10-17-34)41(28-32-12-5-2-6-13-32)29-33-14-7-3-8-15-33/h2-17,20-21,31,35H,18-19,22-30H2,1H3/t31-,35-/m1/s1. The number of anilines is 1. The first-order valence-electron chi connectivity index (χ1n) is 15.4. The molecule has 1 aliphatic heterocycles. The fraction of sp³-hybridized carbons (Fsp3) is 0.389. The Kier molecular flexibility index (Phi) is 11.5. The molecule has 4 aromatic rings. The molecule has 1 aliphatic rings. The van der Waals surface area contributed by atoms with Crippen LogP contribution in [-0.2, 0) is 17.8 Å². The van der Waals surface area contributed by atoms with Crippen LogP contribution in [0.5, 0.6) is 0 Å². The van der Waals surface area contributed by atoms with Crippen LogP contribution in [0.15, 0.2) is 109 Å². The van der Waals surface area contributed by atoms with Gasteiger partial charge in [-0.15, -0.1) is 0 Å². The largest absolute Gasteiger partial charge is 0.381 e. The van der Waals surface area contributed by atoms with Crippen molar-refractivity contribution in [3.05, 3.63) is 126 Å². The SMILES string of the molecule is C[C@H](CCN1CCN(c2ncccn2)CC1)COCC[C@H](c1ccccc1)N(Cc1ccccc1)Cc1ccccc1. The van der Waals surface area contributed by atoms with Gasteiger partial charge in [0.2, 0.25) is 5.95 Å². The quantitative estimate of drug-likeness (QED) is 0.154. The molecule has 0 amide bonds. The Bertz CT molecular complexity index is 1230. The Hall–Kier alpha value is -3.58. The maximum Gasteiger partial charge on any atom is 0.225 e. The molecule has 0 spiro atoms. The molecule has 5 rings (SSSR count). The number of nitrogens with zero attached hydrogens (tertiary/aromatic N) is 5. The molecule has 42 heavy (non-hydrogen) atoms. The minimum Gasteiger partial charge on any atom is -0.381 e. The third kappa shape index (κ3) is 9.21. The maximum absolute atomic E-state index is 6.34. The van der Waals surface area contributed by atoms with Gasteiger partial charge in [0, 0.05) is 70.9 Å². The normalized spacial score (nSPS) is 15.5. The molecule has 0 aliphatic carbocycles. The number of ether oxygens (including phenoxy) is 1. The molecule has 0 radical (unpaired) electrons. The summed E-state index contributed by atoms with van der Waals surface area (Å²) in [6.07, 6.45) is 5.75. The van der Waals surface area contributed by atoms with Crippen LogP contribution < -0.4 is 4.90 Å². The third-order valence-corrected chi connectivity index (χ3v) is 8.17. The second kappa shape index (κ2) is 16.2. The van der Waals surface area contributed by atoms with Crippen LogP contribution in [0.4, 0.5) is 5.95 Å². The highest BCUT2D eigenvalue weighted by Crippen LogP contribution is 2.28. The van der Waals surface area contributed by atoms with Gasteiger partial charge in [-0.2, -0.15) is 0 Å². The van der Waals surface area contributed by atoms with Gasteiger partial charge in [-0.05, 0) is 48.1 Å². The van der Waals surface area contributed by atoms with Gasteiger partial charge in [0.15, 0.2) is 0 Å². The lowest BCUT2D eigenvalue weighted by atomic mass is 10.00. The van der Waals surface area contributed by atoms with Crippen molar-refractivity contribution in [1.29, 1.82) is 0 Å². The number of rotatable bonds is 15. The van der Waals surface area contributed by atoms with Gasteiger partial charge < -0.3 is 9.64 Å². The zero-order valence-electron chi connectivity index (χ0n) is 25.0. The highest BCUT2D eigenvalue weighted by Gasteiger charge is 2.22. The molecular weight excluding hydrogens is 518 g/mol. The number of aromatic nitrogens is 2. The molecule has 0 unspecified atom stereocenters. The zero-order valence-corrected chi connectivity index (χ0v) is 25.0. The van der Waals surface area contributed by atoms with Gasteiger partial charge >= 0.3 is 0 Å². The molecule has 6 nitrogen and oxygen atoms in total. The molecule has 1 saturated heterocycles. The Balaban J connectivity index is 1.12. The monoisotopic (exact) mass is 563 g/mol. The summed E-state index contributed by atoms with van der Waals surface area (Å²) in [6.45, 7) is 10.9. The van der Waals surface area contributed by atoms with Crippen molar-refractivity contribution in [2.24, 2.45) is 5.92 Å². The summed E-state index contributed by atoms with van der Waals surface area (Å²) in [7, 11) is 0. The first-order chi connectivity index (χ1) is 20.7. The lowest BCUT2D eigenvalue weighted by molar-refractivity contribution is 0.0682. The summed E-state index contributed by atoms with van der Waals surface area (Å²) < 4.78 is 6.34. The Morgan fingerprint density at radius 3 is 1.88 bits per heavy atom. The fourth-order valence-electron chi connectivity index (χ4n) is 5.74. The lowest BCUT2D eigenvalue weighted by Crippen LogP contribution is -2.47. The van der Waals surface area contributed by atoms with Gasteiger partial charge in [0.25, 0.3) is 0 Å². The van der Waals surface area contributed by atoms with E-state index in [4.69, 9.17) is 4.74 Å². The van der Waals surface area contributed by atoms with Crippen molar-refractivity contribution in [3.63, 3.8) is 0 Å². The molecular formula is C36H45N5O. The van der Waals surface area contributed by atoms with Crippen molar-refractivity contribution in [2.45, 2.75) is 38.9 Å². The van der Waals surface area contributed by atoms with Crippen molar-refractivity contribution in [2.75, 3.05) is 50.8 Å². The van der Waals surface area contributed by atoms with E-state index in [9.17, 15) is 0 Å². The van der Waals surface area contributed by atoms with E-state index in [1.807, 2.05) is 18.5 Å². The van der Waals surface area contributed by atoms with Gasteiger partial charge in [-0.25, -0.2) is 9.97 Å². The van der Waals surface area contributed by atoms with E-state index >= 15 is 0 Å². The lowest BCUT2D eigenvalue weighted by Gasteiger charge is -2.35. The van der Waals surface area contributed by atoms with E-state index in [0.717, 1.165) is 77.8 Å². The molecule has 1 fully saturated rings. The molecule has 3 aromatic carbocycles. The highest BCUT2D eigenvalue weighted by atomic mass is 16.5. The smallest absolute Gasteiger partial charge is 0.225 e. The summed E-state index contributed by atoms with van der Waals surface area (Å²) >= 11 is 0. The van der Waals surface area contributed by atoms with Crippen LogP contribution in [0.25, 0.3) is 0 Å². The van der Waals surface area contributed by atoms with Crippen LogP contribution in [0, 0.1) is 5.92 Å². The minimum atomic E-state index is 0.270. The summed E-state index contributed by atoms with van der Waals surface area (Å²) in [4.78, 5) is 16.3. The maximum atomic E-state index is 6.34. The van der Waals surface area contributed by atoms with Crippen LogP contribution in [0.1, 0.15) is 42.5 Å². The number of hydrogen-bond donors (Lipinski definition) is 0. The molecule has 220 valence electrons. The average molecular weight is 564 g/mol. The Morgan fingerprint density at radius 1 is 0.714 bits per heavy atom. The number of benzene rings is 3. The van der Waals surface area contributed by atoms with Crippen LogP contribution in [-0.4, -0.2) is 65.7 Å². The molecule has 0 saturated carbocycles. The van der Waals surface area contributed by atoms with Crippen molar-refractivity contribution < 1.29 is 4.74 Å². The second-order valence-electron chi connectivity index (χ2n) is 11.4.